The smallest absolute Gasteiger partial charge is 0.165 e. The molecule has 11 rings (SSSR count). The van der Waals surface area contributed by atoms with Crippen LogP contribution in [-0.2, 0) is 5.41 Å². The fraction of sp³-hybridized carbons (Fsp3) is 0.233. The Morgan fingerprint density at radius 1 is 0.542 bits per heavy atom. The van der Waals surface area contributed by atoms with Gasteiger partial charge >= 0.3 is 0 Å². The monoisotopic (exact) mass is 619 g/mol. The van der Waals surface area contributed by atoms with Crippen molar-refractivity contribution in [3.8, 4) is 62.5 Å². The molecule has 5 nitrogen and oxygen atoms in total. The van der Waals surface area contributed by atoms with E-state index in [4.69, 9.17) is 19.9 Å². The van der Waals surface area contributed by atoms with Crippen molar-refractivity contribution in [3.63, 3.8) is 0 Å². The number of hydrogen-bond acceptors (Lipinski definition) is 5. The Hall–Kier alpha value is -5.47. The maximum atomic E-state index is 9.38. The topological polar surface area (TPSA) is 75.3 Å². The van der Waals surface area contributed by atoms with Crippen molar-refractivity contribution >= 4 is 0 Å². The molecule has 5 aliphatic rings. The van der Waals surface area contributed by atoms with E-state index in [2.05, 4.69) is 60.7 Å². The molecule has 4 aromatic carbocycles. The maximum Gasteiger partial charge on any atom is 0.165 e. The van der Waals surface area contributed by atoms with Gasteiger partial charge in [0.1, 0.15) is 0 Å². The second-order valence-electron chi connectivity index (χ2n) is 14.3. The van der Waals surface area contributed by atoms with Crippen LogP contribution in [0.1, 0.15) is 48.9 Å². The molecule has 4 saturated carbocycles. The van der Waals surface area contributed by atoms with E-state index >= 15 is 0 Å². The molecule has 48 heavy (non-hydrogen) atoms. The highest BCUT2D eigenvalue weighted by molar-refractivity contribution is 5.83. The zero-order valence-corrected chi connectivity index (χ0v) is 26.6. The molecule has 0 saturated heterocycles. The lowest BCUT2D eigenvalue weighted by Gasteiger charge is -2.60. The van der Waals surface area contributed by atoms with E-state index < -0.39 is 0 Å². The summed E-state index contributed by atoms with van der Waals surface area (Å²) in [5.41, 5.74) is 10.9. The van der Waals surface area contributed by atoms with Crippen molar-refractivity contribution in [3.05, 3.63) is 132 Å². The largest absolute Gasteiger partial charge is 0.259 e. The van der Waals surface area contributed by atoms with Crippen LogP contribution in [0.25, 0.3) is 56.4 Å². The summed E-state index contributed by atoms with van der Waals surface area (Å²) in [7, 11) is 0. The third kappa shape index (κ3) is 4.08. The SMILES string of the molecule is N#Cc1cccc(-c2ccc(-c3nc(-c4ccccc4)nc(-c4cnc5c(c4)-c4ccccc4C54C5CC6CC(C5)CC4C6)n3)cc2)c1. The molecule has 0 aliphatic heterocycles. The highest BCUT2D eigenvalue weighted by Gasteiger charge is 2.62. The first-order valence-electron chi connectivity index (χ1n) is 17.2. The van der Waals surface area contributed by atoms with Gasteiger partial charge < -0.3 is 0 Å². The van der Waals surface area contributed by atoms with E-state index in [1.54, 1.807) is 0 Å². The predicted molar refractivity (Wildman–Crippen MR) is 187 cm³/mol. The van der Waals surface area contributed by atoms with Crippen LogP contribution in [0.5, 0.6) is 0 Å². The third-order valence-corrected chi connectivity index (χ3v) is 11.8. The Balaban J connectivity index is 1.10. The average molecular weight is 620 g/mol. The molecule has 5 heteroatoms. The zero-order valence-electron chi connectivity index (χ0n) is 26.6. The summed E-state index contributed by atoms with van der Waals surface area (Å²) in [6.07, 6.45) is 8.81. The zero-order chi connectivity index (χ0) is 31.8. The van der Waals surface area contributed by atoms with E-state index in [0.29, 0.717) is 34.9 Å². The number of rotatable bonds is 4. The van der Waals surface area contributed by atoms with Gasteiger partial charge in [-0.1, -0.05) is 91.0 Å². The van der Waals surface area contributed by atoms with Crippen LogP contribution in [0.3, 0.4) is 0 Å². The summed E-state index contributed by atoms with van der Waals surface area (Å²) < 4.78 is 0. The fourth-order valence-electron chi connectivity index (χ4n) is 10.0. The molecule has 0 atom stereocenters. The van der Waals surface area contributed by atoms with Crippen molar-refractivity contribution in [2.45, 2.75) is 37.5 Å². The summed E-state index contributed by atoms with van der Waals surface area (Å²) in [5.74, 6) is 5.02. The molecule has 0 N–H and O–H groups in total. The number of nitriles is 1. The van der Waals surface area contributed by atoms with Gasteiger partial charge in [0.2, 0.25) is 0 Å². The van der Waals surface area contributed by atoms with Gasteiger partial charge in [0, 0.05) is 33.9 Å². The number of aromatic nitrogens is 4. The van der Waals surface area contributed by atoms with Crippen molar-refractivity contribution in [1.29, 1.82) is 5.26 Å². The molecule has 0 unspecified atom stereocenters. The standard InChI is InChI=1S/C43H33N5/c44-24-26-7-6-10-32(18-26)29-13-15-31(16-14-29)41-46-40(30-8-2-1-3-9-30)47-42(48-41)33-23-37-36-11-4-5-12-38(36)43(39(37)45-25-33)34-19-27-17-28(21-34)22-35(43)20-27/h1-16,18,23,25,27-28,34-35H,17,19-22H2. The summed E-state index contributed by atoms with van der Waals surface area (Å²) in [6, 6.07) is 39.7. The highest BCUT2D eigenvalue weighted by Crippen LogP contribution is 2.69. The molecule has 0 amide bonds. The molecule has 0 radical (unpaired) electrons. The minimum atomic E-state index is 0.0336. The lowest BCUT2D eigenvalue weighted by molar-refractivity contribution is -0.0415. The molecule has 4 fully saturated rings. The Morgan fingerprint density at radius 3 is 1.85 bits per heavy atom. The second-order valence-corrected chi connectivity index (χ2v) is 14.3. The number of pyridine rings is 1. The van der Waals surface area contributed by atoms with Gasteiger partial charge in [-0.2, -0.15) is 5.26 Å². The van der Waals surface area contributed by atoms with E-state index in [-0.39, 0.29) is 5.41 Å². The van der Waals surface area contributed by atoms with E-state index in [1.165, 1.54) is 54.5 Å². The molecule has 2 aromatic heterocycles. The summed E-state index contributed by atoms with van der Waals surface area (Å²) >= 11 is 0. The minimum Gasteiger partial charge on any atom is -0.259 e. The highest BCUT2D eigenvalue weighted by atomic mass is 15.0. The lowest BCUT2D eigenvalue weighted by Crippen LogP contribution is -2.55. The number of hydrogen-bond donors (Lipinski definition) is 0. The molecule has 4 bridgehead atoms. The van der Waals surface area contributed by atoms with Crippen molar-refractivity contribution < 1.29 is 0 Å². The summed E-state index contributed by atoms with van der Waals surface area (Å²) in [4.78, 5) is 20.5. The third-order valence-electron chi connectivity index (χ3n) is 11.8. The first-order valence-corrected chi connectivity index (χ1v) is 17.2. The van der Waals surface area contributed by atoms with Crippen LogP contribution in [0.4, 0.5) is 0 Å². The van der Waals surface area contributed by atoms with Gasteiger partial charge in [-0.3, -0.25) is 4.98 Å². The van der Waals surface area contributed by atoms with Gasteiger partial charge in [-0.25, -0.2) is 15.0 Å². The minimum absolute atomic E-state index is 0.0336. The molecular formula is C43H33N5. The van der Waals surface area contributed by atoms with Gasteiger partial charge in [0.15, 0.2) is 17.5 Å². The molecule has 230 valence electrons. The average Bonchev–Trinajstić information content (AvgIpc) is 3.44. The normalized spacial score (nSPS) is 24.3. The number of nitrogens with zero attached hydrogens (tertiary/aromatic N) is 5. The predicted octanol–water partition coefficient (Wildman–Crippen LogP) is 9.53. The van der Waals surface area contributed by atoms with Crippen molar-refractivity contribution in [2.75, 3.05) is 0 Å². The Bertz CT molecular complexity index is 2240. The Kier molecular flexibility index (Phi) is 6.05. The molecule has 1 spiro atoms. The first kappa shape index (κ1) is 27.6. The van der Waals surface area contributed by atoms with E-state index in [0.717, 1.165) is 39.7 Å². The lowest BCUT2D eigenvalue weighted by atomic mass is 9.43. The molecule has 2 heterocycles. The van der Waals surface area contributed by atoms with Crippen molar-refractivity contribution in [2.24, 2.45) is 23.7 Å². The summed E-state index contributed by atoms with van der Waals surface area (Å²) in [5, 5.41) is 9.38. The Labute approximate surface area is 280 Å². The van der Waals surface area contributed by atoms with Crippen LogP contribution < -0.4 is 0 Å². The maximum absolute atomic E-state index is 9.38. The number of benzene rings is 4. The van der Waals surface area contributed by atoms with Crippen LogP contribution in [0.15, 0.2) is 115 Å². The summed E-state index contributed by atoms with van der Waals surface area (Å²) in [6.45, 7) is 0. The number of fused-ring (bicyclic) bond motifs is 3. The van der Waals surface area contributed by atoms with Crippen LogP contribution in [-0.4, -0.2) is 19.9 Å². The van der Waals surface area contributed by atoms with Crippen molar-refractivity contribution in [1.82, 2.24) is 19.9 Å². The van der Waals surface area contributed by atoms with Gasteiger partial charge in [0.25, 0.3) is 0 Å². The molecule has 6 aromatic rings. The van der Waals surface area contributed by atoms with Gasteiger partial charge in [-0.05, 0) is 96.2 Å². The molecular weight excluding hydrogens is 587 g/mol. The quantitative estimate of drug-likeness (QED) is 0.196. The van der Waals surface area contributed by atoms with E-state index in [9.17, 15) is 5.26 Å². The first-order chi connectivity index (χ1) is 23.7. The van der Waals surface area contributed by atoms with Crippen LogP contribution in [0.2, 0.25) is 0 Å². The van der Waals surface area contributed by atoms with E-state index in [1.807, 2.05) is 60.8 Å². The molecule has 5 aliphatic carbocycles. The van der Waals surface area contributed by atoms with Gasteiger partial charge in [-0.15, -0.1) is 0 Å². The van der Waals surface area contributed by atoms with Crippen LogP contribution >= 0.6 is 0 Å². The fourth-order valence-corrected chi connectivity index (χ4v) is 10.0. The Morgan fingerprint density at radius 2 is 1.15 bits per heavy atom. The van der Waals surface area contributed by atoms with Crippen LogP contribution in [0, 0.1) is 35.0 Å². The second kappa shape index (κ2) is 10.5. The van der Waals surface area contributed by atoms with Gasteiger partial charge in [0.05, 0.1) is 17.3 Å².